The van der Waals surface area contributed by atoms with Crippen LogP contribution in [0.25, 0.3) is 0 Å². The van der Waals surface area contributed by atoms with Crippen LogP contribution in [0, 0.1) is 0 Å². The number of amides is 1. The number of Topliss-reactive ketones (excluding diaryl/α,β-unsaturated/α-hetero) is 1. The van der Waals surface area contributed by atoms with Gasteiger partial charge in [-0.2, -0.15) is 0 Å². The van der Waals surface area contributed by atoms with Gasteiger partial charge in [-0.1, -0.05) is 0 Å². The summed E-state index contributed by atoms with van der Waals surface area (Å²) in [4.78, 5) is 34.0. The first kappa shape index (κ1) is 18.5. The van der Waals surface area contributed by atoms with E-state index in [1.807, 2.05) is 14.1 Å². The molecule has 25 heavy (non-hydrogen) atoms. The lowest BCUT2D eigenvalue weighted by molar-refractivity contribution is 0.101. The van der Waals surface area contributed by atoms with Crippen molar-refractivity contribution in [3.05, 3.63) is 47.8 Å². The highest BCUT2D eigenvalue weighted by Gasteiger charge is 2.09. The Labute approximate surface area is 147 Å². The van der Waals surface area contributed by atoms with Crippen molar-refractivity contribution in [1.82, 2.24) is 14.9 Å². The van der Waals surface area contributed by atoms with Crippen LogP contribution in [-0.4, -0.2) is 53.7 Å². The first-order chi connectivity index (χ1) is 12.0. The van der Waals surface area contributed by atoms with Crippen LogP contribution in [0.15, 0.2) is 36.5 Å². The molecule has 0 aliphatic rings. The van der Waals surface area contributed by atoms with Gasteiger partial charge in [0.2, 0.25) is 5.95 Å². The molecule has 132 valence electrons. The second kappa shape index (κ2) is 8.89. The number of hydrogen-bond acceptors (Lipinski definition) is 6. The number of carbonyl (C=O) groups is 2. The van der Waals surface area contributed by atoms with E-state index >= 15 is 0 Å². The number of carbonyl (C=O) groups excluding carboxylic acids is 2. The SMILES string of the molecule is CC(=O)c1ccc(NC(=O)c2ccnc(NCCCN(C)C)n2)cc1. The molecule has 7 heteroatoms. The maximum Gasteiger partial charge on any atom is 0.274 e. The molecule has 0 bridgehead atoms. The van der Waals surface area contributed by atoms with E-state index in [4.69, 9.17) is 0 Å². The fourth-order valence-corrected chi connectivity index (χ4v) is 2.15. The van der Waals surface area contributed by atoms with Crippen molar-refractivity contribution in [3.8, 4) is 0 Å². The van der Waals surface area contributed by atoms with Crippen molar-refractivity contribution in [2.75, 3.05) is 37.8 Å². The first-order valence-corrected chi connectivity index (χ1v) is 8.09. The van der Waals surface area contributed by atoms with Crippen molar-refractivity contribution in [2.45, 2.75) is 13.3 Å². The average molecular weight is 341 g/mol. The number of ketones is 1. The minimum atomic E-state index is -0.325. The van der Waals surface area contributed by atoms with Crippen LogP contribution >= 0.6 is 0 Å². The van der Waals surface area contributed by atoms with Gasteiger partial charge in [-0.05, 0) is 64.3 Å². The van der Waals surface area contributed by atoms with Crippen LogP contribution in [0.5, 0.6) is 0 Å². The molecule has 0 radical (unpaired) electrons. The van der Waals surface area contributed by atoms with Gasteiger partial charge in [0, 0.05) is 24.0 Å². The molecule has 0 unspecified atom stereocenters. The van der Waals surface area contributed by atoms with Gasteiger partial charge < -0.3 is 15.5 Å². The van der Waals surface area contributed by atoms with Gasteiger partial charge in [0.15, 0.2) is 5.78 Å². The topological polar surface area (TPSA) is 87.2 Å². The molecule has 0 atom stereocenters. The summed E-state index contributed by atoms with van der Waals surface area (Å²) < 4.78 is 0. The minimum absolute atomic E-state index is 0.0151. The van der Waals surface area contributed by atoms with Crippen LogP contribution in [0.3, 0.4) is 0 Å². The Bertz CT molecular complexity index is 729. The molecule has 2 rings (SSSR count). The van der Waals surface area contributed by atoms with Gasteiger partial charge >= 0.3 is 0 Å². The van der Waals surface area contributed by atoms with Gasteiger partial charge in [-0.15, -0.1) is 0 Å². The van der Waals surface area contributed by atoms with Crippen molar-refractivity contribution >= 4 is 23.3 Å². The molecule has 0 fully saturated rings. The number of anilines is 2. The molecule has 0 spiro atoms. The van der Waals surface area contributed by atoms with Crippen molar-refractivity contribution in [2.24, 2.45) is 0 Å². The molecule has 1 amide bonds. The zero-order valence-electron chi connectivity index (χ0n) is 14.7. The van der Waals surface area contributed by atoms with Gasteiger partial charge in [-0.25, -0.2) is 9.97 Å². The Kier molecular flexibility index (Phi) is 6.59. The molecule has 0 saturated carbocycles. The Morgan fingerprint density at radius 3 is 2.48 bits per heavy atom. The Balaban J connectivity index is 1.94. The Hall–Kier alpha value is -2.80. The van der Waals surface area contributed by atoms with Crippen molar-refractivity contribution in [1.29, 1.82) is 0 Å². The third kappa shape index (κ3) is 5.96. The highest BCUT2D eigenvalue weighted by Crippen LogP contribution is 2.11. The molecule has 0 saturated heterocycles. The van der Waals surface area contributed by atoms with E-state index in [2.05, 4.69) is 25.5 Å². The molecule has 0 aliphatic heterocycles. The molecule has 1 aromatic carbocycles. The Morgan fingerprint density at radius 2 is 1.84 bits per heavy atom. The van der Waals surface area contributed by atoms with E-state index in [0.717, 1.165) is 19.5 Å². The summed E-state index contributed by atoms with van der Waals surface area (Å²) in [7, 11) is 4.04. The molecular formula is C18H23N5O2. The highest BCUT2D eigenvalue weighted by molar-refractivity contribution is 6.03. The maximum absolute atomic E-state index is 12.3. The second-order valence-corrected chi connectivity index (χ2v) is 5.94. The van der Waals surface area contributed by atoms with Gasteiger partial charge in [0.25, 0.3) is 5.91 Å². The normalized spacial score (nSPS) is 10.6. The molecule has 7 nitrogen and oxygen atoms in total. The number of nitrogens with one attached hydrogen (secondary N) is 2. The van der Waals surface area contributed by atoms with E-state index in [-0.39, 0.29) is 17.4 Å². The maximum atomic E-state index is 12.3. The van der Waals surface area contributed by atoms with Gasteiger partial charge in [0.1, 0.15) is 5.69 Å². The summed E-state index contributed by atoms with van der Waals surface area (Å²) in [6, 6.07) is 8.29. The second-order valence-electron chi connectivity index (χ2n) is 5.94. The standard InChI is InChI=1S/C18H23N5O2/c1-13(24)14-5-7-15(8-6-14)21-17(25)16-9-11-20-18(22-16)19-10-4-12-23(2)3/h5-9,11H,4,10,12H2,1-3H3,(H,21,25)(H,19,20,22). The summed E-state index contributed by atoms with van der Waals surface area (Å²) in [5.74, 6) is 0.0892. The number of hydrogen-bond donors (Lipinski definition) is 2. The monoisotopic (exact) mass is 341 g/mol. The average Bonchev–Trinajstić information content (AvgIpc) is 2.59. The predicted octanol–water partition coefficient (Wildman–Crippen LogP) is 2.30. The molecule has 2 N–H and O–H groups in total. The van der Waals surface area contributed by atoms with E-state index in [1.165, 1.54) is 6.92 Å². The lowest BCUT2D eigenvalue weighted by atomic mass is 10.1. The van der Waals surface area contributed by atoms with Crippen molar-refractivity contribution in [3.63, 3.8) is 0 Å². The zero-order chi connectivity index (χ0) is 18.2. The molecule has 2 aromatic rings. The van der Waals surface area contributed by atoms with Gasteiger partial charge in [0.05, 0.1) is 0 Å². The number of benzene rings is 1. The zero-order valence-corrected chi connectivity index (χ0v) is 14.7. The van der Waals surface area contributed by atoms with E-state index in [1.54, 1.807) is 36.5 Å². The molecule has 1 aromatic heterocycles. The summed E-state index contributed by atoms with van der Waals surface area (Å²) in [5, 5.41) is 5.87. The van der Waals surface area contributed by atoms with E-state index in [0.29, 0.717) is 17.2 Å². The minimum Gasteiger partial charge on any atom is -0.354 e. The lowest BCUT2D eigenvalue weighted by Crippen LogP contribution is -2.18. The number of nitrogens with zero attached hydrogens (tertiary/aromatic N) is 3. The summed E-state index contributed by atoms with van der Waals surface area (Å²) in [5.41, 5.74) is 1.49. The Morgan fingerprint density at radius 1 is 1.12 bits per heavy atom. The van der Waals surface area contributed by atoms with Crippen LogP contribution in [-0.2, 0) is 0 Å². The predicted molar refractivity (Wildman–Crippen MR) is 98.1 cm³/mol. The molecular weight excluding hydrogens is 318 g/mol. The highest BCUT2D eigenvalue weighted by atomic mass is 16.2. The first-order valence-electron chi connectivity index (χ1n) is 8.09. The van der Waals surface area contributed by atoms with Crippen LogP contribution < -0.4 is 10.6 Å². The fourth-order valence-electron chi connectivity index (χ4n) is 2.15. The van der Waals surface area contributed by atoms with Crippen LogP contribution in [0.2, 0.25) is 0 Å². The third-order valence-corrected chi connectivity index (χ3v) is 3.50. The smallest absolute Gasteiger partial charge is 0.274 e. The van der Waals surface area contributed by atoms with Gasteiger partial charge in [-0.3, -0.25) is 9.59 Å². The molecule has 0 aliphatic carbocycles. The quantitative estimate of drug-likeness (QED) is 0.566. The number of aromatic nitrogens is 2. The number of rotatable bonds is 8. The van der Waals surface area contributed by atoms with Crippen LogP contribution in [0.1, 0.15) is 34.2 Å². The van der Waals surface area contributed by atoms with Crippen LogP contribution in [0.4, 0.5) is 11.6 Å². The van der Waals surface area contributed by atoms with Crippen molar-refractivity contribution < 1.29 is 9.59 Å². The fraction of sp³-hybridized carbons (Fsp3) is 0.333. The third-order valence-electron chi connectivity index (χ3n) is 3.50. The largest absolute Gasteiger partial charge is 0.354 e. The summed E-state index contributed by atoms with van der Waals surface area (Å²) in [6.07, 6.45) is 2.50. The summed E-state index contributed by atoms with van der Waals surface area (Å²) in [6.45, 7) is 3.20. The molecule has 1 heterocycles. The van der Waals surface area contributed by atoms with E-state index in [9.17, 15) is 9.59 Å². The lowest BCUT2D eigenvalue weighted by Gasteiger charge is -2.10. The van der Waals surface area contributed by atoms with E-state index < -0.39 is 0 Å². The summed E-state index contributed by atoms with van der Waals surface area (Å²) >= 11 is 0.